The van der Waals surface area contributed by atoms with Gasteiger partial charge in [0, 0.05) is 23.3 Å². The van der Waals surface area contributed by atoms with Crippen molar-refractivity contribution < 1.29 is 14.6 Å². The second-order valence-electron chi connectivity index (χ2n) is 4.59. The highest BCUT2D eigenvalue weighted by Gasteiger charge is 2.16. The summed E-state index contributed by atoms with van der Waals surface area (Å²) in [5, 5.41) is 25.1. The number of carbonyl (C=O) groups is 1. The third kappa shape index (κ3) is 4.49. The van der Waals surface area contributed by atoms with Gasteiger partial charge in [0.15, 0.2) is 0 Å². The largest absolute Gasteiger partial charge is 0.288 e. The van der Waals surface area contributed by atoms with Crippen molar-refractivity contribution in [2.24, 2.45) is 5.10 Å². The van der Waals surface area contributed by atoms with Crippen LogP contribution in [0.15, 0.2) is 41.5 Å². The number of benzene rings is 2. The number of nitrogens with one attached hydrogen (secondary N) is 1. The third-order valence-electron chi connectivity index (χ3n) is 2.95. The first-order valence-electron chi connectivity index (χ1n) is 6.51. The summed E-state index contributed by atoms with van der Waals surface area (Å²) in [5.74, 6) is -0.709. The molecule has 2 rings (SSSR count). The van der Waals surface area contributed by atoms with E-state index >= 15 is 0 Å². The summed E-state index contributed by atoms with van der Waals surface area (Å²) < 4.78 is 0. The van der Waals surface area contributed by atoms with Crippen LogP contribution in [-0.4, -0.2) is 22.0 Å². The first-order chi connectivity index (χ1) is 11.8. The van der Waals surface area contributed by atoms with Crippen LogP contribution in [0.1, 0.15) is 15.9 Å². The molecule has 0 saturated carbocycles. The molecule has 0 aromatic heterocycles. The van der Waals surface area contributed by atoms with Crippen LogP contribution in [0.3, 0.4) is 0 Å². The van der Waals surface area contributed by atoms with E-state index in [0.29, 0.717) is 5.56 Å². The standard InChI is InChI=1S/C14H8Cl2N4O5/c15-10-3-1-8(5-12(10)19(22)23)7-17-18-14(21)9-2-4-11(16)13(6-9)20(24)25/h1-7H,(H,18,21). The summed E-state index contributed by atoms with van der Waals surface area (Å²) in [7, 11) is 0. The average Bonchev–Trinajstić information content (AvgIpc) is 2.56. The van der Waals surface area contributed by atoms with Crippen LogP contribution in [-0.2, 0) is 0 Å². The van der Waals surface area contributed by atoms with Crippen LogP contribution in [0.25, 0.3) is 0 Å². The molecule has 2 aromatic carbocycles. The quantitative estimate of drug-likeness (QED) is 0.480. The number of hydrogen-bond donors (Lipinski definition) is 1. The first kappa shape index (κ1) is 18.3. The van der Waals surface area contributed by atoms with Gasteiger partial charge in [0.1, 0.15) is 10.0 Å². The minimum absolute atomic E-state index is 0.0182. The van der Waals surface area contributed by atoms with Crippen molar-refractivity contribution in [1.29, 1.82) is 0 Å². The Morgan fingerprint density at radius 2 is 1.56 bits per heavy atom. The lowest BCUT2D eigenvalue weighted by Gasteiger charge is -2.01. The molecule has 1 N–H and O–H groups in total. The minimum atomic E-state index is -0.713. The molecule has 11 heteroatoms. The number of amides is 1. The molecule has 0 fully saturated rings. The molecule has 128 valence electrons. The molecule has 0 aliphatic rings. The number of nitro groups is 2. The Kier molecular flexibility index (Phi) is 5.63. The van der Waals surface area contributed by atoms with Crippen LogP contribution in [0, 0.1) is 20.2 Å². The molecule has 0 radical (unpaired) electrons. The van der Waals surface area contributed by atoms with E-state index in [-0.39, 0.29) is 21.3 Å². The fourth-order valence-corrected chi connectivity index (χ4v) is 2.15. The van der Waals surface area contributed by atoms with Crippen LogP contribution in [0.5, 0.6) is 0 Å². The molecule has 0 unspecified atom stereocenters. The molecule has 9 nitrogen and oxygen atoms in total. The summed E-state index contributed by atoms with van der Waals surface area (Å²) in [5.41, 5.74) is 1.76. The van der Waals surface area contributed by atoms with Gasteiger partial charge in [-0.25, -0.2) is 5.43 Å². The van der Waals surface area contributed by atoms with Crippen molar-refractivity contribution in [2.75, 3.05) is 0 Å². The van der Waals surface area contributed by atoms with Crippen molar-refractivity contribution in [3.8, 4) is 0 Å². The maximum absolute atomic E-state index is 11.9. The van der Waals surface area contributed by atoms with E-state index in [2.05, 4.69) is 10.5 Å². The number of hydrazone groups is 1. The molecule has 0 spiro atoms. The van der Waals surface area contributed by atoms with Gasteiger partial charge < -0.3 is 0 Å². The van der Waals surface area contributed by atoms with Crippen molar-refractivity contribution in [2.45, 2.75) is 0 Å². The van der Waals surface area contributed by atoms with Crippen molar-refractivity contribution in [1.82, 2.24) is 5.43 Å². The van der Waals surface area contributed by atoms with Crippen molar-refractivity contribution in [3.05, 3.63) is 77.8 Å². The van der Waals surface area contributed by atoms with Gasteiger partial charge in [0.2, 0.25) is 0 Å². The van der Waals surface area contributed by atoms with Gasteiger partial charge in [-0.1, -0.05) is 29.3 Å². The lowest BCUT2D eigenvalue weighted by Crippen LogP contribution is -2.17. The number of carbonyl (C=O) groups excluding carboxylic acids is 1. The second kappa shape index (κ2) is 7.69. The van der Waals surface area contributed by atoms with E-state index in [0.717, 1.165) is 6.07 Å². The molecule has 0 bridgehead atoms. The fraction of sp³-hybridized carbons (Fsp3) is 0. The number of nitrogens with zero attached hydrogens (tertiary/aromatic N) is 3. The van der Waals surface area contributed by atoms with Gasteiger partial charge in [-0.15, -0.1) is 0 Å². The molecule has 25 heavy (non-hydrogen) atoms. The van der Waals surface area contributed by atoms with Gasteiger partial charge in [-0.3, -0.25) is 25.0 Å². The van der Waals surface area contributed by atoms with E-state index < -0.39 is 21.4 Å². The zero-order valence-electron chi connectivity index (χ0n) is 12.2. The van der Waals surface area contributed by atoms with Gasteiger partial charge in [-0.2, -0.15) is 5.10 Å². The summed E-state index contributed by atoms with van der Waals surface area (Å²) in [6.07, 6.45) is 1.17. The average molecular weight is 383 g/mol. The number of rotatable bonds is 5. The Balaban J connectivity index is 2.13. The van der Waals surface area contributed by atoms with Crippen LogP contribution < -0.4 is 5.43 Å². The highest BCUT2D eigenvalue weighted by atomic mass is 35.5. The molecule has 1 amide bonds. The van der Waals surface area contributed by atoms with Crippen LogP contribution in [0.2, 0.25) is 10.0 Å². The molecule has 0 atom stereocenters. The topological polar surface area (TPSA) is 128 Å². The number of hydrogen-bond acceptors (Lipinski definition) is 6. The summed E-state index contributed by atoms with van der Waals surface area (Å²) in [4.78, 5) is 32.2. The zero-order chi connectivity index (χ0) is 18.6. The summed E-state index contributed by atoms with van der Waals surface area (Å²) >= 11 is 11.4. The lowest BCUT2D eigenvalue weighted by atomic mass is 10.2. The smallest absolute Gasteiger partial charge is 0.267 e. The van der Waals surface area contributed by atoms with Gasteiger partial charge in [0.25, 0.3) is 17.3 Å². The third-order valence-corrected chi connectivity index (χ3v) is 3.59. The first-order valence-corrected chi connectivity index (χ1v) is 7.26. The Morgan fingerprint density at radius 3 is 2.16 bits per heavy atom. The normalized spacial score (nSPS) is 10.6. The summed E-state index contributed by atoms with van der Waals surface area (Å²) in [6, 6.07) is 7.52. The minimum Gasteiger partial charge on any atom is -0.267 e. The number of halogens is 2. The van der Waals surface area contributed by atoms with Crippen molar-refractivity contribution in [3.63, 3.8) is 0 Å². The molecule has 0 aliphatic carbocycles. The van der Waals surface area contributed by atoms with Gasteiger partial charge >= 0.3 is 0 Å². The zero-order valence-corrected chi connectivity index (χ0v) is 13.7. The molecule has 0 saturated heterocycles. The van der Waals surface area contributed by atoms with Gasteiger partial charge in [-0.05, 0) is 18.2 Å². The van der Waals surface area contributed by atoms with Gasteiger partial charge in [0.05, 0.1) is 16.1 Å². The Bertz CT molecular complexity index is 901. The predicted molar refractivity (Wildman–Crippen MR) is 91.3 cm³/mol. The maximum atomic E-state index is 11.9. The molecule has 2 aromatic rings. The van der Waals surface area contributed by atoms with E-state index in [1.807, 2.05) is 0 Å². The molecule has 0 heterocycles. The molecular formula is C14H8Cl2N4O5. The molecular weight excluding hydrogens is 375 g/mol. The van der Waals surface area contributed by atoms with Crippen molar-refractivity contribution >= 4 is 46.7 Å². The molecule has 0 aliphatic heterocycles. The highest BCUT2D eigenvalue weighted by Crippen LogP contribution is 2.25. The summed E-state index contributed by atoms with van der Waals surface area (Å²) in [6.45, 7) is 0. The van der Waals surface area contributed by atoms with Crippen LogP contribution in [0.4, 0.5) is 11.4 Å². The van der Waals surface area contributed by atoms with E-state index in [1.165, 1.54) is 36.5 Å². The Morgan fingerprint density at radius 1 is 1.00 bits per heavy atom. The van der Waals surface area contributed by atoms with E-state index in [9.17, 15) is 25.0 Å². The Labute approximate surface area is 150 Å². The number of nitro benzene ring substituents is 2. The Hall–Kier alpha value is -3.04. The van der Waals surface area contributed by atoms with E-state index in [4.69, 9.17) is 23.2 Å². The lowest BCUT2D eigenvalue weighted by molar-refractivity contribution is -0.384. The van der Waals surface area contributed by atoms with Crippen LogP contribution >= 0.6 is 23.2 Å². The monoisotopic (exact) mass is 382 g/mol. The predicted octanol–water partition coefficient (Wildman–Crippen LogP) is 3.57. The van der Waals surface area contributed by atoms with E-state index in [1.54, 1.807) is 0 Å². The SMILES string of the molecule is O=C(NN=Cc1ccc(Cl)c([N+](=O)[O-])c1)c1ccc(Cl)c([N+](=O)[O-])c1. The fourth-order valence-electron chi connectivity index (χ4n) is 1.77. The maximum Gasteiger partial charge on any atom is 0.288 e. The second-order valence-corrected chi connectivity index (χ2v) is 5.40. The highest BCUT2D eigenvalue weighted by molar-refractivity contribution is 6.33.